The van der Waals surface area contributed by atoms with E-state index >= 15 is 0 Å². The Kier molecular flexibility index (Phi) is 5.61. The predicted octanol–water partition coefficient (Wildman–Crippen LogP) is 4.93. The second-order valence-electron chi connectivity index (χ2n) is 6.77. The summed E-state index contributed by atoms with van der Waals surface area (Å²) in [5.41, 5.74) is 2.99. The molecule has 0 fully saturated rings. The Hall–Kier alpha value is -2.66. The molecule has 1 aromatic heterocycles. The highest BCUT2D eigenvalue weighted by Crippen LogP contribution is 2.29. The molecule has 1 heterocycles. The molecule has 0 spiro atoms. The quantitative estimate of drug-likeness (QED) is 0.624. The van der Waals surface area contributed by atoms with Crippen molar-refractivity contribution in [3.63, 3.8) is 0 Å². The highest BCUT2D eigenvalue weighted by Gasteiger charge is 2.21. The first-order valence-corrected chi connectivity index (χ1v) is 9.06. The summed E-state index contributed by atoms with van der Waals surface area (Å²) in [4.78, 5) is 18.8. The molecule has 140 valence electrons. The van der Waals surface area contributed by atoms with Crippen molar-refractivity contribution in [3.8, 4) is 11.1 Å². The first-order valence-electron chi connectivity index (χ1n) is 8.68. The number of imidazole rings is 1. The molecule has 2 aromatic carbocycles. The molecule has 0 aliphatic carbocycles. The largest absolute Gasteiger partial charge is 0.340 e. The first-order chi connectivity index (χ1) is 12.8. The van der Waals surface area contributed by atoms with Gasteiger partial charge in [0.15, 0.2) is 0 Å². The molecule has 0 saturated heterocycles. The van der Waals surface area contributed by atoms with E-state index in [4.69, 9.17) is 11.6 Å². The zero-order chi connectivity index (χ0) is 19.6. The van der Waals surface area contributed by atoms with Crippen LogP contribution in [0, 0.1) is 5.82 Å². The van der Waals surface area contributed by atoms with E-state index in [-0.39, 0.29) is 17.8 Å². The summed E-state index contributed by atoms with van der Waals surface area (Å²) in [7, 11) is 1.83. The maximum atomic E-state index is 13.2. The summed E-state index contributed by atoms with van der Waals surface area (Å²) in [6.07, 6.45) is 3.32. The van der Waals surface area contributed by atoms with E-state index < -0.39 is 0 Å². The zero-order valence-electron chi connectivity index (χ0n) is 15.5. The van der Waals surface area contributed by atoms with E-state index in [0.29, 0.717) is 17.3 Å². The van der Waals surface area contributed by atoms with Crippen LogP contribution in [0.5, 0.6) is 0 Å². The number of amides is 1. The highest BCUT2D eigenvalue weighted by molar-refractivity contribution is 6.33. The van der Waals surface area contributed by atoms with E-state index in [2.05, 4.69) is 4.98 Å². The summed E-state index contributed by atoms with van der Waals surface area (Å²) in [6.45, 7) is 4.37. The van der Waals surface area contributed by atoms with Gasteiger partial charge in [0.05, 0.1) is 6.33 Å². The highest BCUT2D eigenvalue weighted by atomic mass is 35.5. The van der Waals surface area contributed by atoms with E-state index in [1.807, 2.05) is 33.0 Å². The molecule has 6 heteroatoms. The summed E-state index contributed by atoms with van der Waals surface area (Å²) in [6, 6.07) is 11.8. The van der Waals surface area contributed by atoms with Crippen LogP contribution in [-0.4, -0.2) is 26.4 Å². The van der Waals surface area contributed by atoms with Crippen LogP contribution in [0.15, 0.2) is 55.0 Å². The normalized spacial score (nSPS) is 11.0. The van der Waals surface area contributed by atoms with Crippen molar-refractivity contribution in [2.45, 2.75) is 26.4 Å². The predicted molar refractivity (Wildman–Crippen MR) is 105 cm³/mol. The van der Waals surface area contributed by atoms with Gasteiger partial charge >= 0.3 is 0 Å². The van der Waals surface area contributed by atoms with E-state index in [9.17, 15) is 9.18 Å². The van der Waals surface area contributed by atoms with Gasteiger partial charge in [-0.3, -0.25) is 4.79 Å². The SMILES string of the molecule is CC(C)N(Cc1ccc(Cl)c(-c2ccc(F)cc2)c1)C(=O)c1cn(C)cn1. The summed E-state index contributed by atoms with van der Waals surface area (Å²) >= 11 is 6.34. The molecule has 0 radical (unpaired) electrons. The van der Waals surface area contributed by atoms with Crippen LogP contribution in [0.3, 0.4) is 0 Å². The molecule has 0 bridgehead atoms. The van der Waals surface area contributed by atoms with Gasteiger partial charge in [-0.15, -0.1) is 0 Å². The van der Waals surface area contributed by atoms with Gasteiger partial charge in [0.2, 0.25) is 0 Å². The number of carbonyl (C=O) groups is 1. The molecule has 3 aromatic rings. The van der Waals surface area contributed by atoms with Crippen molar-refractivity contribution in [3.05, 3.63) is 77.1 Å². The van der Waals surface area contributed by atoms with Crippen molar-refractivity contribution in [2.75, 3.05) is 0 Å². The van der Waals surface area contributed by atoms with Gasteiger partial charge in [0, 0.05) is 36.4 Å². The van der Waals surface area contributed by atoms with Crippen molar-refractivity contribution < 1.29 is 9.18 Å². The van der Waals surface area contributed by atoms with Crippen molar-refractivity contribution in [2.24, 2.45) is 7.05 Å². The smallest absolute Gasteiger partial charge is 0.274 e. The Morgan fingerprint density at radius 1 is 1.22 bits per heavy atom. The van der Waals surface area contributed by atoms with E-state index in [0.717, 1.165) is 16.7 Å². The summed E-state index contributed by atoms with van der Waals surface area (Å²) in [5, 5.41) is 0.581. The van der Waals surface area contributed by atoms with Crippen LogP contribution >= 0.6 is 11.6 Å². The average Bonchev–Trinajstić information content (AvgIpc) is 3.07. The topological polar surface area (TPSA) is 38.1 Å². The fourth-order valence-electron chi connectivity index (χ4n) is 2.88. The van der Waals surface area contributed by atoms with Gasteiger partial charge in [-0.25, -0.2) is 9.37 Å². The lowest BCUT2D eigenvalue weighted by Gasteiger charge is -2.26. The van der Waals surface area contributed by atoms with E-state index in [1.54, 1.807) is 40.2 Å². The molecule has 27 heavy (non-hydrogen) atoms. The van der Waals surface area contributed by atoms with Gasteiger partial charge < -0.3 is 9.47 Å². The number of hydrogen-bond acceptors (Lipinski definition) is 2. The minimum atomic E-state index is -0.294. The van der Waals surface area contributed by atoms with Crippen LogP contribution in [0.2, 0.25) is 5.02 Å². The molecular weight excluding hydrogens is 365 g/mol. The lowest BCUT2D eigenvalue weighted by Crippen LogP contribution is -2.36. The van der Waals surface area contributed by atoms with Gasteiger partial charge in [0.25, 0.3) is 5.91 Å². The Balaban J connectivity index is 1.89. The Morgan fingerprint density at radius 3 is 2.52 bits per heavy atom. The fraction of sp³-hybridized carbons (Fsp3) is 0.238. The van der Waals surface area contributed by atoms with Crippen LogP contribution in [0.25, 0.3) is 11.1 Å². The number of rotatable bonds is 5. The van der Waals surface area contributed by atoms with Gasteiger partial charge in [-0.2, -0.15) is 0 Å². The third-order valence-electron chi connectivity index (χ3n) is 4.35. The molecule has 3 rings (SSSR count). The number of benzene rings is 2. The Bertz CT molecular complexity index is 950. The van der Waals surface area contributed by atoms with Crippen molar-refractivity contribution >= 4 is 17.5 Å². The van der Waals surface area contributed by atoms with Gasteiger partial charge in [-0.05, 0) is 49.2 Å². The third-order valence-corrected chi connectivity index (χ3v) is 4.68. The molecule has 0 aliphatic rings. The number of aromatic nitrogens is 2. The number of carbonyl (C=O) groups excluding carboxylic acids is 1. The lowest BCUT2D eigenvalue weighted by molar-refractivity contribution is 0.0684. The van der Waals surface area contributed by atoms with Gasteiger partial charge in [-0.1, -0.05) is 29.8 Å². The maximum Gasteiger partial charge on any atom is 0.274 e. The second kappa shape index (κ2) is 7.92. The van der Waals surface area contributed by atoms with Crippen molar-refractivity contribution in [1.29, 1.82) is 0 Å². The number of aryl methyl sites for hydroxylation is 1. The van der Waals surface area contributed by atoms with Crippen LogP contribution < -0.4 is 0 Å². The molecule has 0 unspecified atom stereocenters. The average molecular weight is 386 g/mol. The molecule has 1 amide bonds. The maximum absolute atomic E-state index is 13.2. The Morgan fingerprint density at radius 2 is 1.93 bits per heavy atom. The number of nitrogens with zero attached hydrogens (tertiary/aromatic N) is 3. The summed E-state index contributed by atoms with van der Waals surface area (Å²) < 4.78 is 15.0. The summed E-state index contributed by atoms with van der Waals surface area (Å²) in [5.74, 6) is -0.415. The van der Waals surface area contributed by atoms with E-state index in [1.165, 1.54) is 12.1 Å². The molecule has 0 aliphatic heterocycles. The Labute approximate surface area is 163 Å². The molecule has 0 saturated carbocycles. The molecule has 0 N–H and O–H groups in total. The zero-order valence-corrected chi connectivity index (χ0v) is 16.2. The minimum absolute atomic E-state index is 0.00413. The minimum Gasteiger partial charge on any atom is -0.340 e. The van der Waals surface area contributed by atoms with Crippen LogP contribution in [0.1, 0.15) is 29.9 Å². The fourth-order valence-corrected chi connectivity index (χ4v) is 3.10. The van der Waals surface area contributed by atoms with Crippen LogP contribution in [-0.2, 0) is 13.6 Å². The number of hydrogen-bond donors (Lipinski definition) is 0. The van der Waals surface area contributed by atoms with Crippen LogP contribution in [0.4, 0.5) is 4.39 Å². The molecule has 0 atom stereocenters. The standard InChI is InChI=1S/C21H21ClFN3O/c1-14(2)26(21(27)20-12-25(3)13-24-20)11-15-4-9-19(22)18(10-15)16-5-7-17(23)8-6-16/h4-10,12-14H,11H2,1-3H3. The molecule has 4 nitrogen and oxygen atoms in total. The number of halogens is 2. The molecular formula is C21H21ClFN3O. The lowest BCUT2D eigenvalue weighted by atomic mass is 10.0. The first kappa shape index (κ1) is 19.1. The third kappa shape index (κ3) is 4.37. The van der Waals surface area contributed by atoms with Crippen molar-refractivity contribution in [1.82, 2.24) is 14.5 Å². The second-order valence-corrected chi connectivity index (χ2v) is 7.18. The monoisotopic (exact) mass is 385 g/mol. The van der Waals surface area contributed by atoms with Gasteiger partial charge in [0.1, 0.15) is 11.5 Å².